The van der Waals surface area contributed by atoms with Crippen LogP contribution in [0.4, 0.5) is 38.0 Å². The molecule has 1 atom stereocenters. The Bertz CT molecular complexity index is 1790. The minimum absolute atomic E-state index is 0.0149. The van der Waals surface area contributed by atoms with Crippen molar-refractivity contribution in [3.05, 3.63) is 79.9 Å². The molecule has 1 N–H and O–H groups in total. The van der Waals surface area contributed by atoms with Gasteiger partial charge in [0.25, 0.3) is 5.69 Å². The Morgan fingerprint density at radius 2 is 1.80 bits per heavy atom. The number of hydrogen-bond acceptors (Lipinski definition) is 12. The van der Waals surface area contributed by atoms with Gasteiger partial charge in [-0.05, 0) is 37.1 Å². The van der Waals surface area contributed by atoms with Gasteiger partial charge in [0, 0.05) is 31.6 Å². The number of anilines is 2. The van der Waals surface area contributed by atoms with Crippen molar-refractivity contribution < 1.29 is 31.7 Å². The highest BCUT2D eigenvalue weighted by atomic mass is 32.3. The van der Waals surface area contributed by atoms with Crippen LogP contribution < -0.4 is 15.0 Å². The number of nitrogens with one attached hydrogen (secondary N) is 1. The zero-order valence-electron chi connectivity index (χ0n) is 23.8. The van der Waals surface area contributed by atoms with Crippen LogP contribution in [-0.4, -0.2) is 37.3 Å². The van der Waals surface area contributed by atoms with E-state index in [2.05, 4.69) is 15.5 Å². The minimum atomic E-state index is -4.88. The first kappa shape index (κ1) is 33.0. The molecule has 0 aliphatic carbocycles. The molecule has 0 bridgehead atoms. The predicted molar refractivity (Wildman–Crippen MR) is 157 cm³/mol. The number of methoxy groups -OCH3 is 1. The Morgan fingerprint density at radius 3 is 2.30 bits per heavy atom. The molecule has 1 unspecified atom stereocenters. The van der Waals surface area contributed by atoms with Gasteiger partial charge in [-0.15, -0.1) is 14.1 Å². The molecule has 0 saturated heterocycles. The molecule has 3 rings (SSSR count). The molecule has 15 nitrogen and oxygen atoms in total. The summed E-state index contributed by atoms with van der Waals surface area (Å²) >= 11 is 0. The van der Waals surface area contributed by atoms with Gasteiger partial charge in [0.15, 0.2) is 5.69 Å². The Balaban J connectivity index is 2.17. The number of non-ortho nitro benzene ring substituents is 1. The van der Waals surface area contributed by atoms with E-state index in [1.807, 2.05) is 18.7 Å². The van der Waals surface area contributed by atoms with Crippen molar-refractivity contribution in [2.24, 2.45) is 10.2 Å². The molecule has 0 aliphatic heterocycles. The minimum Gasteiger partial charge on any atom is -0.494 e. The van der Waals surface area contributed by atoms with E-state index in [1.165, 1.54) is 38.3 Å². The Kier molecular flexibility index (Phi) is 10.2. The van der Waals surface area contributed by atoms with Gasteiger partial charge in [-0.1, -0.05) is 19.1 Å². The highest BCUT2D eigenvalue weighted by molar-refractivity contribution is 7.86. The molecule has 0 aliphatic rings. The van der Waals surface area contributed by atoms with Crippen molar-refractivity contribution in [3.8, 4) is 11.8 Å². The average molecular weight is 628 g/mol. The topological polar surface area (TPSA) is 210 Å². The van der Waals surface area contributed by atoms with Crippen LogP contribution in [0.3, 0.4) is 0 Å². The number of nitro groups is 2. The molecule has 0 heterocycles. The molecule has 3 aromatic rings. The number of halogens is 1. The van der Waals surface area contributed by atoms with Crippen molar-refractivity contribution >= 4 is 50.3 Å². The SMILES string of the molecule is CCC(C)N(Cc1ccc(S(=O)(=O)F)cc1)c1cc(NC(C)=O)c(N=Nc2c(C#N)cc([N+](=O)[O-])cc2[N+](=O)[O-])cc1OC. The molecule has 0 saturated carbocycles. The standard InChI is InChI=1S/C27H26FN7O8S/c1-5-16(2)33(15-18-6-8-21(9-7-18)44(28,41)42)24-12-22(30-17(3)36)23(13-26(24)43-4)31-32-27-19(14-29)10-20(34(37)38)11-25(27)35(39)40/h6-13,16H,5,15H2,1-4H3,(H,30,36). The van der Waals surface area contributed by atoms with Crippen molar-refractivity contribution in [1.29, 1.82) is 5.26 Å². The van der Waals surface area contributed by atoms with Gasteiger partial charge in [-0.25, -0.2) is 0 Å². The van der Waals surface area contributed by atoms with E-state index in [4.69, 9.17) is 4.74 Å². The second-order valence-electron chi connectivity index (χ2n) is 9.38. The second-order valence-corrected chi connectivity index (χ2v) is 10.7. The fourth-order valence-corrected chi connectivity index (χ4v) is 4.58. The molecule has 17 heteroatoms. The summed E-state index contributed by atoms with van der Waals surface area (Å²) in [5, 5.41) is 42.9. The number of nitrogens with zero attached hydrogens (tertiary/aromatic N) is 6. The first-order chi connectivity index (χ1) is 20.7. The predicted octanol–water partition coefficient (Wildman–Crippen LogP) is 6.22. The highest BCUT2D eigenvalue weighted by Crippen LogP contribution is 2.42. The second kappa shape index (κ2) is 13.6. The molecule has 3 aromatic carbocycles. The van der Waals surface area contributed by atoms with E-state index >= 15 is 0 Å². The van der Waals surface area contributed by atoms with Crippen molar-refractivity contribution in [3.63, 3.8) is 0 Å². The van der Waals surface area contributed by atoms with Gasteiger partial charge >= 0.3 is 15.9 Å². The first-order valence-electron chi connectivity index (χ1n) is 12.8. The fraction of sp³-hybridized carbons (Fsp3) is 0.259. The summed E-state index contributed by atoms with van der Waals surface area (Å²) in [6, 6.07) is 11.2. The van der Waals surface area contributed by atoms with Crippen LogP contribution in [0.2, 0.25) is 0 Å². The number of carbonyl (C=O) groups excluding carboxylic acids is 1. The number of nitro benzene ring substituents is 2. The van der Waals surface area contributed by atoms with Gasteiger partial charge in [0.05, 0.1) is 44.9 Å². The number of hydrogen-bond donors (Lipinski definition) is 1. The van der Waals surface area contributed by atoms with E-state index in [-0.39, 0.29) is 29.7 Å². The molecule has 0 spiro atoms. The third kappa shape index (κ3) is 7.66. The summed E-state index contributed by atoms with van der Waals surface area (Å²) in [5.74, 6) is -0.246. The van der Waals surface area contributed by atoms with Crippen LogP contribution in [0.1, 0.15) is 38.3 Å². The first-order valence-corrected chi connectivity index (χ1v) is 14.2. The number of ether oxygens (including phenoxy) is 1. The van der Waals surface area contributed by atoms with Crippen LogP contribution >= 0.6 is 0 Å². The van der Waals surface area contributed by atoms with Crippen molar-refractivity contribution in [2.45, 2.75) is 44.7 Å². The number of azo groups is 1. The monoisotopic (exact) mass is 627 g/mol. The maximum atomic E-state index is 13.4. The zero-order chi connectivity index (χ0) is 32.8. The van der Waals surface area contributed by atoms with E-state index in [0.29, 0.717) is 23.7 Å². The summed E-state index contributed by atoms with van der Waals surface area (Å²) in [6.45, 7) is 5.32. The van der Waals surface area contributed by atoms with E-state index in [9.17, 15) is 42.6 Å². The molecule has 0 fully saturated rings. The Morgan fingerprint density at radius 1 is 1.14 bits per heavy atom. The summed E-state index contributed by atoms with van der Waals surface area (Å²) in [4.78, 5) is 34.6. The highest BCUT2D eigenvalue weighted by Gasteiger charge is 2.26. The van der Waals surface area contributed by atoms with Crippen LogP contribution in [0.25, 0.3) is 0 Å². The molecule has 230 valence electrons. The zero-order valence-corrected chi connectivity index (χ0v) is 24.7. The lowest BCUT2D eigenvalue weighted by atomic mass is 10.1. The number of nitriles is 1. The van der Waals surface area contributed by atoms with Crippen molar-refractivity contribution in [2.75, 3.05) is 17.3 Å². The lowest BCUT2D eigenvalue weighted by Crippen LogP contribution is -2.32. The van der Waals surface area contributed by atoms with Crippen LogP contribution in [0.5, 0.6) is 5.75 Å². The van der Waals surface area contributed by atoms with Crippen molar-refractivity contribution in [1.82, 2.24) is 0 Å². The number of rotatable bonds is 12. The maximum absolute atomic E-state index is 13.4. The van der Waals surface area contributed by atoms with Gasteiger partial charge in [0.2, 0.25) is 5.91 Å². The maximum Gasteiger partial charge on any atom is 0.332 e. The third-order valence-corrected chi connectivity index (χ3v) is 7.29. The Hall–Kier alpha value is -5.50. The quantitative estimate of drug-likeness (QED) is 0.104. The molecule has 0 radical (unpaired) electrons. The van der Waals surface area contributed by atoms with Crippen LogP contribution in [0, 0.1) is 31.6 Å². The number of amides is 1. The molecule has 44 heavy (non-hydrogen) atoms. The van der Waals surface area contributed by atoms with Gasteiger partial charge in [-0.3, -0.25) is 25.0 Å². The average Bonchev–Trinajstić information content (AvgIpc) is 2.97. The number of carbonyl (C=O) groups is 1. The molecule has 1 amide bonds. The molecule has 0 aromatic heterocycles. The summed E-state index contributed by atoms with van der Waals surface area (Å²) in [5.41, 5.74) is -1.27. The summed E-state index contributed by atoms with van der Waals surface area (Å²) in [6.07, 6.45) is 0.651. The smallest absolute Gasteiger partial charge is 0.332 e. The lowest BCUT2D eigenvalue weighted by molar-refractivity contribution is -0.393. The van der Waals surface area contributed by atoms with Gasteiger partial charge in [-0.2, -0.15) is 13.7 Å². The lowest BCUT2D eigenvalue weighted by Gasteiger charge is -2.32. The number of benzene rings is 3. The fourth-order valence-electron chi connectivity index (χ4n) is 4.11. The van der Waals surface area contributed by atoms with Crippen LogP contribution in [-0.2, 0) is 21.6 Å². The van der Waals surface area contributed by atoms with E-state index in [1.54, 1.807) is 6.07 Å². The molecular formula is C27H26FN7O8S. The van der Waals surface area contributed by atoms with Crippen LogP contribution in [0.15, 0.2) is 63.7 Å². The van der Waals surface area contributed by atoms with Gasteiger partial charge in [0.1, 0.15) is 17.5 Å². The van der Waals surface area contributed by atoms with E-state index in [0.717, 1.165) is 18.2 Å². The normalized spacial score (nSPS) is 11.9. The molecular weight excluding hydrogens is 601 g/mol. The summed E-state index contributed by atoms with van der Waals surface area (Å²) < 4.78 is 41.5. The summed E-state index contributed by atoms with van der Waals surface area (Å²) in [7, 11) is -3.50. The largest absolute Gasteiger partial charge is 0.494 e. The van der Waals surface area contributed by atoms with E-state index < -0.39 is 53.5 Å². The Labute approximate surface area is 251 Å². The van der Waals surface area contributed by atoms with Gasteiger partial charge < -0.3 is 15.0 Å². The third-order valence-electron chi connectivity index (χ3n) is 6.46.